The van der Waals surface area contributed by atoms with E-state index >= 15 is 0 Å². The van der Waals surface area contributed by atoms with Crippen molar-refractivity contribution in [3.05, 3.63) is 52.1 Å². The second-order valence-electron chi connectivity index (χ2n) is 8.32. The van der Waals surface area contributed by atoms with E-state index in [1.807, 2.05) is 0 Å². The number of hydrogen-bond acceptors (Lipinski definition) is 4. The van der Waals surface area contributed by atoms with Crippen LogP contribution in [0.15, 0.2) is 18.2 Å². The van der Waals surface area contributed by atoms with Crippen LogP contribution in [0.1, 0.15) is 57.4 Å². The first kappa shape index (κ1) is 21.7. The van der Waals surface area contributed by atoms with Crippen LogP contribution in [0.5, 0.6) is 0 Å². The number of nitrogens with one attached hydrogen (secondary N) is 2. The molecule has 0 spiro atoms. The molecule has 0 unspecified atom stereocenters. The van der Waals surface area contributed by atoms with Crippen LogP contribution in [0.25, 0.3) is 0 Å². The van der Waals surface area contributed by atoms with Crippen LogP contribution in [0.4, 0.5) is 10.1 Å². The van der Waals surface area contributed by atoms with Crippen LogP contribution in [-0.4, -0.2) is 38.9 Å². The highest BCUT2D eigenvalue weighted by molar-refractivity contribution is 6.43. The highest BCUT2D eigenvalue weighted by Gasteiger charge is 2.42. The molecule has 0 aliphatic heterocycles. The van der Waals surface area contributed by atoms with E-state index in [1.54, 1.807) is 34.7 Å². The Balaban J connectivity index is 1.85. The lowest BCUT2D eigenvalue weighted by Gasteiger charge is -2.42. The van der Waals surface area contributed by atoms with Crippen LogP contribution in [0.2, 0.25) is 0 Å². The molecular weight excluding hydrogens is 389 g/mol. The van der Waals surface area contributed by atoms with Gasteiger partial charge in [-0.1, -0.05) is 0 Å². The van der Waals surface area contributed by atoms with Crippen molar-refractivity contribution in [2.45, 2.75) is 52.2 Å². The summed E-state index contributed by atoms with van der Waals surface area (Å²) in [4.78, 5) is 38.2. The number of amides is 2. The van der Waals surface area contributed by atoms with Gasteiger partial charge in [-0.15, -0.1) is 0 Å². The third kappa shape index (κ3) is 3.87. The zero-order chi connectivity index (χ0) is 22.4. The number of rotatable bonds is 5. The number of aliphatic hydroxyl groups excluding tert-OH is 1. The number of anilines is 1. The third-order valence-corrected chi connectivity index (χ3v) is 5.78. The summed E-state index contributed by atoms with van der Waals surface area (Å²) in [6.07, 6.45) is 0.305. The number of nitrogens with zero attached hydrogens (tertiary/aromatic N) is 1. The molecule has 3 rings (SSSR count). The molecule has 1 fully saturated rings. The monoisotopic (exact) mass is 415 g/mol. The van der Waals surface area contributed by atoms with Gasteiger partial charge in [0.2, 0.25) is 0 Å². The molecule has 0 radical (unpaired) electrons. The normalized spacial score (nSPS) is 20.4. The molecule has 1 aliphatic rings. The van der Waals surface area contributed by atoms with E-state index in [-0.39, 0.29) is 11.5 Å². The molecule has 7 nitrogen and oxygen atoms in total. The first-order valence-corrected chi connectivity index (χ1v) is 9.72. The van der Waals surface area contributed by atoms with Gasteiger partial charge in [0.05, 0.1) is 17.4 Å². The molecular formula is C22H26FN3O4. The standard InChI is InChI=1S/C22H26FN3O4/c1-11-8-14(6-7-16(11)23)24-20(29)17-12(2)18(26(5)13(17)3)19(28)21(30)25-22(4)9-15(27)10-22/h6-8,15,27H,9-10H2,1-5H3,(H,24,29)(H,25,30). The summed E-state index contributed by atoms with van der Waals surface area (Å²) in [6, 6.07) is 4.25. The van der Waals surface area contributed by atoms with Crippen molar-refractivity contribution < 1.29 is 23.9 Å². The summed E-state index contributed by atoms with van der Waals surface area (Å²) in [5.41, 5.74) is 1.58. The number of hydrogen-bond donors (Lipinski definition) is 3. The Labute approximate surface area is 174 Å². The van der Waals surface area contributed by atoms with Crippen LogP contribution < -0.4 is 10.6 Å². The van der Waals surface area contributed by atoms with E-state index < -0.39 is 29.2 Å². The predicted molar refractivity (Wildman–Crippen MR) is 110 cm³/mol. The van der Waals surface area contributed by atoms with E-state index in [1.165, 1.54) is 22.8 Å². The maximum Gasteiger partial charge on any atom is 0.294 e. The number of aliphatic hydroxyl groups is 1. The van der Waals surface area contributed by atoms with Gasteiger partial charge in [0.15, 0.2) is 0 Å². The topological polar surface area (TPSA) is 100 Å². The van der Waals surface area contributed by atoms with Crippen molar-refractivity contribution in [2.75, 3.05) is 5.32 Å². The molecule has 30 heavy (non-hydrogen) atoms. The molecule has 2 amide bonds. The second kappa shape index (κ2) is 7.68. The maximum atomic E-state index is 13.5. The third-order valence-electron chi connectivity index (χ3n) is 5.78. The fourth-order valence-corrected chi connectivity index (χ4v) is 4.07. The molecule has 3 N–H and O–H groups in total. The largest absolute Gasteiger partial charge is 0.393 e. The van der Waals surface area contributed by atoms with E-state index in [9.17, 15) is 23.9 Å². The highest BCUT2D eigenvalue weighted by Crippen LogP contribution is 2.32. The van der Waals surface area contributed by atoms with Crippen LogP contribution in [-0.2, 0) is 11.8 Å². The average molecular weight is 415 g/mol. The second-order valence-corrected chi connectivity index (χ2v) is 8.32. The number of halogens is 1. The van der Waals surface area contributed by atoms with Gasteiger partial charge in [0.25, 0.3) is 17.6 Å². The minimum absolute atomic E-state index is 0.133. The molecule has 1 saturated carbocycles. The summed E-state index contributed by atoms with van der Waals surface area (Å²) in [6.45, 7) is 6.68. The zero-order valence-electron chi connectivity index (χ0n) is 17.7. The van der Waals surface area contributed by atoms with Gasteiger partial charge in [0.1, 0.15) is 5.82 Å². The maximum absolute atomic E-state index is 13.5. The number of ketones is 1. The minimum atomic E-state index is -0.769. The van der Waals surface area contributed by atoms with Crippen LogP contribution in [0.3, 0.4) is 0 Å². The Morgan fingerprint density at radius 3 is 2.40 bits per heavy atom. The molecule has 0 atom stereocenters. The van der Waals surface area contributed by atoms with Gasteiger partial charge in [0, 0.05) is 24.0 Å². The number of benzene rings is 1. The number of Topliss-reactive ketones (excluding diaryl/α,β-unsaturated/α-hetero) is 1. The quantitative estimate of drug-likeness (QED) is 0.516. The molecule has 1 heterocycles. The Bertz CT molecular complexity index is 1050. The Kier molecular flexibility index (Phi) is 5.56. The predicted octanol–water partition coefficient (Wildman–Crippen LogP) is 2.55. The van der Waals surface area contributed by atoms with Crippen molar-refractivity contribution in [1.82, 2.24) is 9.88 Å². The number of aromatic nitrogens is 1. The lowest BCUT2D eigenvalue weighted by molar-refractivity contribution is -0.121. The highest BCUT2D eigenvalue weighted by atomic mass is 19.1. The Morgan fingerprint density at radius 1 is 1.20 bits per heavy atom. The van der Waals surface area contributed by atoms with E-state index in [0.29, 0.717) is 40.9 Å². The van der Waals surface area contributed by atoms with Crippen molar-refractivity contribution in [3.63, 3.8) is 0 Å². The first-order chi connectivity index (χ1) is 13.9. The van der Waals surface area contributed by atoms with E-state index in [0.717, 1.165) is 0 Å². The summed E-state index contributed by atoms with van der Waals surface area (Å²) in [7, 11) is 1.62. The number of aryl methyl sites for hydroxylation is 1. The Hall–Kier alpha value is -3.00. The molecule has 8 heteroatoms. The molecule has 1 aromatic heterocycles. The SMILES string of the molecule is Cc1cc(NC(=O)c2c(C)c(C(=O)C(=O)NC3(C)CC(O)C3)n(C)c2C)ccc1F. The fraction of sp³-hybridized carbons (Fsp3) is 0.409. The van der Waals surface area contributed by atoms with Crippen molar-refractivity contribution in [1.29, 1.82) is 0 Å². The van der Waals surface area contributed by atoms with E-state index in [2.05, 4.69) is 10.6 Å². The number of carbonyl (C=O) groups is 3. The van der Waals surface area contributed by atoms with Crippen LogP contribution >= 0.6 is 0 Å². The fourth-order valence-electron chi connectivity index (χ4n) is 4.07. The zero-order valence-corrected chi connectivity index (χ0v) is 17.7. The van der Waals surface area contributed by atoms with Crippen molar-refractivity contribution in [3.8, 4) is 0 Å². The van der Waals surface area contributed by atoms with Crippen molar-refractivity contribution in [2.24, 2.45) is 7.05 Å². The van der Waals surface area contributed by atoms with Gasteiger partial charge in [-0.05, 0) is 69.9 Å². The van der Waals surface area contributed by atoms with Gasteiger partial charge < -0.3 is 20.3 Å². The van der Waals surface area contributed by atoms with Gasteiger partial charge in [-0.25, -0.2) is 4.39 Å². The molecule has 2 aromatic rings. The number of carbonyl (C=O) groups excluding carboxylic acids is 3. The molecule has 0 saturated heterocycles. The molecule has 0 bridgehead atoms. The van der Waals surface area contributed by atoms with Gasteiger partial charge >= 0.3 is 0 Å². The summed E-state index contributed by atoms with van der Waals surface area (Å²) in [5.74, 6) is -2.32. The van der Waals surface area contributed by atoms with Gasteiger partial charge in [-0.3, -0.25) is 14.4 Å². The summed E-state index contributed by atoms with van der Waals surface area (Å²) >= 11 is 0. The van der Waals surface area contributed by atoms with Crippen LogP contribution in [0, 0.1) is 26.6 Å². The lowest BCUT2D eigenvalue weighted by atomic mass is 9.76. The molecule has 1 aliphatic carbocycles. The van der Waals surface area contributed by atoms with E-state index in [4.69, 9.17) is 0 Å². The van der Waals surface area contributed by atoms with Crippen molar-refractivity contribution >= 4 is 23.3 Å². The lowest BCUT2D eigenvalue weighted by Crippen LogP contribution is -2.58. The minimum Gasteiger partial charge on any atom is -0.393 e. The Morgan fingerprint density at radius 2 is 1.83 bits per heavy atom. The summed E-state index contributed by atoms with van der Waals surface area (Å²) in [5, 5.41) is 14.9. The smallest absolute Gasteiger partial charge is 0.294 e. The van der Waals surface area contributed by atoms with Gasteiger partial charge in [-0.2, -0.15) is 0 Å². The molecule has 1 aromatic carbocycles. The average Bonchev–Trinajstić information content (AvgIpc) is 2.85. The summed E-state index contributed by atoms with van der Waals surface area (Å²) < 4.78 is 15.0. The molecule has 160 valence electrons. The first-order valence-electron chi connectivity index (χ1n) is 9.72.